The fraction of sp³-hybridized carbons (Fsp3) is 0.273. The molecule has 17 heavy (non-hydrogen) atoms. The maximum atomic E-state index is 8.79. The number of rotatable bonds is 4. The highest BCUT2D eigenvalue weighted by atomic mass is 32.2. The summed E-state index contributed by atoms with van der Waals surface area (Å²) in [6, 6.07) is 8.23. The Hall–Kier alpha value is -1.11. The Morgan fingerprint density at radius 3 is 3.06 bits per heavy atom. The van der Waals surface area contributed by atoms with Crippen molar-refractivity contribution in [1.29, 1.82) is 0 Å². The first-order valence-electron chi connectivity index (χ1n) is 5.36. The van der Waals surface area contributed by atoms with Crippen molar-refractivity contribution in [2.45, 2.75) is 11.6 Å². The lowest BCUT2D eigenvalue weighted by Gasteiger charge is -1.97. The van der Waals surface area contributed by atoms with E-state index in [0.29, 0.717) is 0 Å². The average molecular weight is 265 g/mol. The van der Waals surface area contributed by atoms with Crippen molar-refractivity contribution in [1.82, 2.24) is 14.6 Å². The first kappa shape index (κ1) is 11.0. The number of benzene rings is 1. The number of nitrogens with zero attached hydrogens (tertiary/aromatic N) is 3. The predicted octanol–water partition coefficient (Wildman–Crippen LogP) is 2.42. The van der Waals surface area contributed by atoms with E-state index in [1.54, 1.807) is 23.1 Å². The minimum absolute atomic E-state index is 0.222. The molecule has 0 saturated heterocycles. The normalized spacial score (nSPS) is 11.6. The summed E-state index contributed by atoms with van der Waals surface area (Å²) in [5.41, 5.74) is 1.16. The minimum atomic E-state index is 0.222. The molecule has 0 saturated carbocycles. The lowest BCUT2D eigenvalue weighted by molar-refractivity contribution is 0.296. The van der Waals surface area contributed by atoms with Gasteiger partial charge in [0, 0.05) is 12.4 Å². The molecule has 3 rings (SSSR count). The van der Waals surface area contributed by atoms with Crippen LogP contribution in [0.5, 0.6) is 0 Å². The molecule has 0 atom stereocenters. The third kappa shape index (κ3) is 1.92. The molecule has 0 aliphatic heterocycles. The zero-order chi connectivity index (χ0) is 11.7. The van der Waals surface area contributed by atoms with Gasteiger partial charge in [-0.1, -0.05) is 35.2 Å². The van der Waals surface area contributed by atoms with E-state index in [1.165, 1.54) is 4.70 Å². The van der Waals surface area contributed by atoms with Crippen LogP contribution >= 0.6 is 23.1 Å². The van der Waals surface area contributed by atoms with Crippen molar-refractivity contribution >= 4 is 38.3 Å². The summed E-state index contributed by atoms with van der Waals surface area (Å²) in [6.07, 6.45) is 0.779. The van der Waals surface area contributed by atoms with E-state index in [1.807, 2.05) is 12.1 Å². The van der Waals surface area contributed by atoms with Crippen molar-refractivity contribution in [2.24, 2.45) is 0 Å². The SMILES string of the molecule is OCCCSc1nnc2sc3ccccc3n12. The van der Waals surface area contributed by atoms with E-state index in [2.05, 4.69) is 26.7 Å². The monoisotopic (exact) mass is 265 g/mol. The van der Waals surface area contributed by atoms with Gasteiger partial charge in [-0.05, 0) is 18.6 Å². The number of hydrogen-bond acceptors (Lipinski definition) is 5. The molecule has 0 radical (unpaired) electrons. The average Bonchev–Trinajstić information content (AvgIpc) is 2.89. The quantitative estimate of drug-likeness (QED) is 0.581. The number of hydrogen-bond donors (Lipinski definition) is 1. The lowest BCUT2D eigenvalue weighted by atomic mass is 10.3. The predicted molar refractivity (Wildman–Crippen MR) is 70.8 cm³/mol. The topological polar surface area (TPSA) is 50.4 Å². The van der Waals surface area contributed by atoms with Gasteiger partial charge in [0.2, 0.25) is 4.96 Å². The molecule has 0 unspecified atom stereocenters. The number of para-hydroxylation sites is 1. The Balaban J connectivity index is 2.06. The van der Waals surface area contributed by atoms with Gasteiger partial charge in [-0.2, -0.15) is 0 Å². The van der Waals surface area contributed by atoms with E-state index in [0.717, 1.165) is 27.8 Å². The highest BCUT2D eigenvalue weighted by Crippen LogP contribution is 2.29. The largest absolute Gasteiger partial charge is 0.396 e. The van der Waals surface area contributed by atoms with Crippen molar-refractivity contribution < 1.29 is 5.11 Å². The highest BCUT2D eigenvalue weighted by molar-refractivity contribution is 7.99. The highest BCUT2D eigenvalue weighted by Gasteiger charge is 2.11. The van der Waals surface area contributed by atoms with Crippen LogP contribution in [0, 0.1) is 0 Å². The summed E-state index contributed by atoms with van der Waals surface area (Å²) in [7, 11) is 0. The van der Waals surface area contributed by atoms with Crippen molar-refractivity contribution in [3.05, 3.63) is 24.3 Å². The van der Waals surface area contributed by atoms with Crippen molar-refractivity contribution in [2.75, 3.05) is 12.4 Å². The molecule has 0 amide bonds. The van der Waals surface area contributed by atoms with Gasteiger partial charge >= 0.3 is 0 Å². The van der Waals surface area contributed by atoms with Gasteiger partial charge in [0.25, 0.3) is 0 Å². The molecule has 88 valence electrons. The first-order chi connectivity index (χ1) is 8.40. The number of thioether (sulfide) groups is 1. The van der Waals surface area contributed by atoms with Gasteiger partial charge in [0.05, 0.1) is 10.2 Å². The number of aromatic nitrogens is 3. The van der Waals surface area contributed by atoms with Crippen LogP contribution in [0.2, 0.25) is 0 Å². The van der Waals surface area contributed by atoms with Crippen LogP contribution < -0.4 is 0 Å². The van der Waals surface area contributed by atoms with Gasteiger partial charge in [-0.15, -0.1) is 10.2 Å². The smallest absolute Gasteiger partial charge is 0.217 e. The number of thiazole rings is 1. The van der Waals surface area contributed by atoms with Crippen LogP contribution in [0.1, 0.15) is 6.42 Å². The molecule has 3 aromatic rings. The summed E-state index contributed by atoms with van der Waals surface area (Å²) >= 11 is 3.28. The summed E-state index contributed by atoms with van der Waals surface area (Å²) in [5, 5.41) is 18.1. The Morgan fingerprint density at radius 2 is 2.18 bits per heavy atom. The molecular formula is C11H11N3OS2. The molecule has 2 heterocycles. The van der Waals surface area contributed by atoms with Gasteiger partial charge in [-0.3, -0.25) is 4.40 Å². The molecule has 6 heteroatoms. The van der Waals surface area contributed by atoms with Gasteiger partial charge in [0.1, 0.15) is 0 Å². The van der Waals surface area contributed by atoms with E-state index < -0.39 is 0 Å². The summed E-state index contributed by atoms with van der Waals surface area (Å²) in [4.78, 5) is 0.928. The maximum absolute atomic E-state index is 8.79. The minimum Gasteiger partial charge on any atom is -0.396 e. The van der Waals surface area contributed by atoms with Crippen LogP contribution in [0.3, 0.4) is 0 Å². The number of aliphatic hydroxyl groups is 1. The Bertz CT molecular complexity index is 646. The van der Waals surface area contributed by atoms with Gasteiger partial charge in [0.15, 0.2) is 5.16 Å². The second-order valence-corrected chi connectivity index (χ2v) is 5.67. The molecule has 2 aromatic heterocycles. The Morgan fingerprint density at radius 1 is 1.29 bits per heavy atom. The zero-order valence-corrected chi connectivity index (χ0v) is 10.7. The van der Waals surface area contributed by atoms with Crippen molar-refractivity contribution in [3.63, 3.8) is 0 Å². The van der Waals surface area contributed by atoms with E-state index >= 15 is 0 Å². The Labute approximate surface area is 106 Å². The zero-order valence-electron chi connectivity index (χ0n) is 9.04. The molecule has 4 nitrogen and oxygen atoms in total. The van der Waals surface area contributed by atoms with Crippen LogP contribution in [-0.2, 0) is 0 Å². The molecule has 0 bridgehead atoms. The van der Waals surface area contributed by atoms with Crippen LogP contribution in [0.25, 0.3) is 15.2 Å². The molecule has 1 aromatic carbocycles. The number of aliphatic hydroxyl groups excluding tert-OH is 1. The fourth-order valence-electron chi connectivity index (χ4n) is 1.68. The fourth-order valence-corrected chi connectivity index (χ4v) is 3.57. The lowest BCUT2D eigenvalue weighted by Crippen LogP contribution is -1.89. The third-order valence-electron chi connectivity index (χ3n) is 2.44. The molecule has 0 spiro atoms. The van der Waals surface area contributed by atoms with E-state index in [9.17, 15) is 0 Å². The molecular weight excluding hydrogens is 254 g/mol. The number of fused-ring (bicyclic) bond motifs is 3. The van der Waals surface area contributed by atoms with Crippen LogP contribution in [0.4, 0.5) is 0 Å². The maximum Gasteiger partial charge on any atom is 0.217 e. The summed E-state index contributed by atoms with van der Waals surface area (Å²) in [6.45, 7) is 0.222. The second kappa shape index (κ2) is 4.64. The molecule has 0 aliphatic carbocycles. The summed E-state index contributed by atoms with van der Waals surface area (Å²) in [5.74, 6) is 0.863. The second-order valence-electron chi connectivity index (χ2n) is 3.60. The van der Waals surface area contributed by atoms with Gasteiger partial charge in [-0.25, -0.2) is 0 Å². The van der Waals surface area contributed by atoms with E-state index in [4.69, 9.17) is 5.11 Å². The van der Waals surface area contributed by atoms with E-state index in [-0.39, 0.29) is 6.61 Å². The third-order valence-corrected chi connectivity index (χ3v) is 4.47. The standard InChI is InChI=1S/C11H11N3OS2/c15-6-3-7-16-10-12-13-11-14(10)8-4-1-2-5-9(8)17-11/h1-2,4-5,15H,3,6-7H2. The van der Waals surface area contributed by atoms with Gasteiger partial charge < -0.3 is 5.11 Å². The molecule has 0 aliphatic rings. The van der Waals surface area contributed by atoms with Crippen LogP contribution in [0.15, 0.2) is 29.4 Å². The summed E-state index contributed by atoms with van der Waals surface area (Å²) < 4.78 is 3.31. The molecule has 0 fully saturated rings. The molecule has 1 N–H and O–H groups in total. The van der Waals surface area contributed by atoms with Crippen molar-refractivity contribution in [3.8, 4) is 0 Å². The first-order valence-corrected chi connectivity index (χ1v) is 7.16. The van der Waals surface area contributed by atoms with Crippen LogP contribution in [-0.4, -0.2) is 32.1 Å². The Kier molecular flexibility index (Phi) is 3.00.